The van der Waals surface area contributed by atoms with Crippen molar-refractivity contribution in [2.75, 3.05) is 0 Å². The fraction of sp³-hybridized carbons (Fsp3) is 0. The van der Waals surface area contributed by atoms with Crippen LogP contribution in [0.4, 0.5) is 4.39 Å². The summed E-state index contributed by atoms with van der Waals surface area (Å²) in [5.74, 6) is -1.19. The summed E-state index contributed by atoms with van der Waals surface area (Å²) >= 11 is 11.9. The van der Waals surface area contributed by atoms with Crippen molar-refractivity contribution in [3.05, 3.63) is 51.8 Å². The van der Waals surface area contributed by atoms with E-state index < -0.39 is 11.6 Å². The van der Waals surface area contributed by atoms with Crippen molar-refractivity contribution in [3.63, 3.8) is 0 Å². The zero-order valence-electron chi connectivity index (χ0n) is 8.95. The molecule has 2 aromatic carbocycles. The van der Waals surface area contributed by atoms with E-state index >= 15 is 0 Å². The monoisotopic (exact) mass is 284 g/mol. The molecule has 0 fully saturated rings. The van der Waals surface area contributed by atoms with Crippen LogP contribution in [0.2, 0.25) is 10.0 Å². The summed E-state index contributed by atoms with van der Waals surface area (Å²) in [4.78, 5) is 10.7. The summed E-state index contributed by atoms with van der Waals surface area (Å²) < 4.78 is 13.3. The largest absolute Gasteiger partial charge is 0.505 e. The van der Waals surface area contributed by atoms with Gasteiger partial charge < -0.3 is 5.11 Å². The van der Waals surface area contributed by atoms with Crippen LogP contribution in [0.5, 0.6) is 5.75 Å². The fourth-order valence-electron chi connectivity index (χ4n) is 1.55. The van der Waals surface area contributed by atoms with E-state index in [1.165, 1.54) is 18.2 Å². The number of carbonyl (C=O) groups excluding carboxylic acids is 1. The average Bonchev–Trinajstić information content (AvgIpc) is 2.36. The van der Waals surface area contributed by atoms with Gasteiger partial charge in [0.15, 0.2) is 17.9 Å². The molecule has 0 spiro atoms. The van der Waals surface area contributed by atoms with Crippen LogP contribution in [0.3, 0.4) is 0 Å². The minimum absolute atomic E-state index is 0.123. The van der Waals surface area contributed by atoms with Crippen molar-refractivity contribution in [1.82, 2.24) is 0 Å². The highest BCUT2D eigenvalue weighted by Crippen LogP contribution is 2.36. The second kappa shape index (κ2) is 4.96. The van der Waals surface area contributed by atoms with Crippen molar-refractivity contribution >= 4 is 29.5 Å². The lowest BCUT2D eigenvalue weighted by molar-refractivity contribution is 0.112. The third-order valence-corrected chi connectivity index (χ3v) is 3.39. The summed E-state index contributed by atoms with van der Waals surface area (Å²) in [5, 5.41) is 9.41. The molecule has 0 aliphatic carbocycles. The first-order valence-electron chi connectivity index (χ1n) is 4.96. The van der Waals surface area contributed by atoms with Crippen molar-refractivity contribution in [2.24, 2.45) is 0 Å². The first-order chi connectivity index (χ1) is 8.54. The van der Waals surface area contributed by atoms with Gasteiger partial charge in [0.1, 0.15) is 0 Å². The third-order valence-electron chi connectivity index (χ3n) is 2.50. The van der Waals surface area contributed by atoms with Crippen molar-refractivity contribution in [3.8, 4) is 16.9 Å². The van der Waals surface area contributed by atoms with E-state index in [1.54, 1.807) is 6.07 Å². The highest BCUT2D eigenvalue weighted by Gasteiger charge is 2.12. The number of hydrogen-bond donors (Lipinski definition) is 1. The molecule has 0 atom stereocenters. The summed E-state index contributed by atoms with van der Waals surface area (Å²) in [7, 11) is 0. The number of aldehydes is 1. The Labute approximate surface area is 113 Å². The van der Waals surface area contributed by atoms with Crippen LogP contribution >= 0.6 is 23.2 Å². The minimum atomic E-state index is -0.751. The predicted octanol–water partition coefficient (Wildman–Crippen LogP) is 4.32. The number of hydrogen-bond acceptors (Lipinski definition) is 2. The SMILES string of the molecule is O=Cc1ccc(-c2ccc(O)c(F)c2)c(Cl)c1Cl. The maximum atomic E-state index is 13.3. The Kier molecular flexibility index (Phi) is 3.55. The molecule has 0 unspecified atom stereocenters. The van der Waals surface area contributed by atoms with Gasteiger partial charge in [-0.15, -0.1) is 0 Å². The highest BCUT2D eigenvalue weighted by molar-refractivity contribution is 6.45. The summed E-state index contributed by atoms with van der Waals surface area (Å²) in [6, 6.07) is 6.96. The maximum absolute atomic E-state index is 13.3. The van der Waals surface area contributed by atoms with Crippen LogP contribution in [0, 0.1) is 5.82 Å². The molecule has 0 bridgehead atoms. The van der Waals surface area contributed by atoms with E-state index in [0.717, 1.165) is 6.07 Å². The molecule has 0 aromatic heterocycles. The zero-order chi connectivity index (χ0) is 13.3. The summed E-state index contributed by atoms with van der Waals surface area (Å²) in [6.07, 6.45) is 0.593. The van der Waals surface area contributed by atoms with Gasteiger partial charge in [-0.2, -0.15) is 0 Å². The van der Waals surface area contributed by atoms with E-state index in [0.29, 0.717) is 17.4 Å². The number of carbonyl (C=O) groups is 1. The lowest BCUT2D eigenvalue weighted by Gasteiger charge is -2.08. The summed E-state index contributed by atoms with van der Waals surface area (Å²) in [6.45, 7) is 0. The number of rotatable bonds is 2. The van der Waals surface area contributed by atoms with E-state index in [4.69, 9.17) is 28.3 Å². The van der Waals surface area contributed by atoms with Gasteiger partial charge in [0, 0.05) is 11.1 Å². The van der Waals surface area contributed by atoms with Crippen LogP contribution in [-0.4, -0.2) is 11.4 Å². The zero-order valence-corrected chi connectivity index (χ0v) is 10.5. The smallest absolute Gasteiger partial charge is 0.165 e. The second-order valence-electron chi connectivity index (χ2n) is 3.61. The molecule has 0 aliphatic heterocycles. The molecule has 0 radical (unpaired) electrons. The van der Waals surface area contributed by atoms with Crippen LogP contribution in [-0.2, 0) is 0 Å². The first-order valence-corrected chi connectivity index (χ1v) is 5.72. The number of benzene rings is 2. The lowest BCUT2D eigenvalue weighted by atomic mass is 10.0. The second-order valence-corrected chi connectivity index (χ2v) is 4.37. The fourth-order valence-corrected chi connectivity index (χ4v) is 2.04. The molecule has 0 amide bonds. The van der Waals surface area contributed by atoms with Gasteiger partial charge in [-0.25, -0.2) is 4.39 Å². The lowest BCUT2D eigenvalue weighted by Crippen LogP contribution is -1.88. The Morgan fingerprint density at radius 3 is 2.44 bits per heavy atom. The topological polar surface area (TPSA) is 37.3 Å². The van der Waals surface area contributed by atoms with Crippen molar-refractivity contribution < 1.29 is 14.3 Å². The maximum Gasteiger partial charge on any atom is 0.165 e. The molecule has 0 saturated heterocycles. The van der Waals surface area contributed by atoms with Crippen LogP contribution < -0.4 is 0 Å². The van der Waals surface area contributed by atoms with Crippen LogP contribution in [0.25, 0.3) is 11.1 Å². The molecule has 2 nitrogen and oxygen atoms in total. The Morgan fingerprint density at radius 2 is 1.83 bits per heavy atom. The number of halogens is 3. The van der Waals surface area contributed by atoms with Gasteiger partial charge in [-0.1, -0.05) is 35.3 Å². The van der Waals surface area contributed by atoms with Gasteiger partial charge >= 0.3 is 0 Å². The Bertz CT molecular complexity index is 627. The molecule has 5 heteroatoms. The number of phenols is 1. The molecule has 1 N–H and O–H groups in total. The standard InChI is InChI=1S/C13H7Cl2FO2/c14-12-8(6-17)1-3-9(13(12)15)7-2-4-11(18)10(16)5-7/h1-6,18H. The molecule has 0 saturated carbocycles. The number of phenolic OH excluding ortho intramolecular Hbond substituents is 1. The van der Waals surface area contributed by atoms with Crippen LogP contribution in [0.15, 0.2) is 30.3 Å². The van der Waals surface area contributed by atoms with Gasteiger partial charge in [-0.3, -0.25) is 4.79 Å². The Balaban J connectivity index is 2.61. The third kappa shape index (κ3) is 2.19. The molecule has 0 aliphatic rings. The quantitative estimate of drug-likeness (QED) is 0.834. The number of aromatic hydroxyl groups is 1. The van der Waals surface area contributed by atoms with E-state index in [2.05, 4.69) is 0 Å². The van der Waals surface area contributed by atoms with E-state index in [1.807, 2.05) is 0 Å². The molecular weight excluding hydrogens is 278 g/mol. The molecule has 2 rings (SSSR count). The minimum Gasteiger partial charge on any atom is -0.505 e. The Morgan fingerprint density at radius 1 is 1.11 bits per heavy atom. The molecule has 18 heavy (non-hydrogen) atoms. The molecule has 0 heterocycles. The van der Waals surface area contributed by atoms with Gasteiger partial charge in [-0.05, 0) is 23.8 Å². The van der Waals surface area contributed by atoms with E-state index in [9.17, 15) is 9.18 Å². The highest BCUT2D eigenvalue weighted by atomic mass is 35.5. The van der Waals surface area contributed by atoms with Gasteiger partial charge in [0.2, 0.25) is 0 Å². The van der Waals surface area contributed by atoms with Gasteiger partial charge in [0.05, 0.1) is 10.0 Å². The van der Waals surface area contributed by atoms with Crippen molar-refractivity contribution in [2.45, 2.75) is 0 Å². The van der Waals surface area contributed by atoms with Gasteiger partial charge in [0.25, 0.3) is 0 Å². The van der Waals surface area contributed by atoms with E-state index in [-0.39, 0.29) is 15.6 Å². The predicted molar refractivity (Wildman–Crippen MR) is 68.9 cm³/mol. The first kappa shape index (κ1) is 12.9. The Hall–Kier alpha value is -1.58. The van der Waals surface area contributed by atoms with Crippen molar-refractivity contribution in [1.29, 1.82) is 0 Å². The normalized spacial score (nSPS) is 10.4. The molecule has 2 aromatic rings. The molecular formula is C13H7Cl2FO2. The van der Waals surface area contributed by atoms with Crippen LogP contribution in [0.1, 0.15) is 10.4 Å². The molecule has 92 valence electrons. The summed E-state index contributed by atoms with van der Waals surface area (Å²) in [5.41, 5.74) is 1.23. The average molecular weight is 285 g/mol.